The van der Waals surface area contributed by atoms with E-state index in [9.17, 15) is 9.59 Å². The topological polar surface area (TPSA) is 52.7 Å². The first-order valence-corrected chi connectivity index (χ1v) is 10.6. The molecule has 1 aromatic rings. The lowest BCUT2D eigenvalue weighted by Crippen LogP contribution is -2.54. The van der Waals surface area contributed by atoms with Crippen LogP contribution in [0.5, 0.6) is 0 Å². The summed E-state index contributed by atoms with van der Waals surface area (Å²) in [5.41, 5.74) is 2.17. The minimum Gasteiger partial charge on any atom is -0.340 e. The van der Waals surface area contributed by atoms with Crippen LogP contribution in [-0.4, -0.2) is 53.8 Å². The summed E-state index contributed by atoms with van der Waals surface area (Å²) in [6, 6.07) is 7.99. The number of anilines is 1. The van der Waals surface area contributed by atoms with Gasteiger partial charge >= 0.3 is 0 Å². The van der Waals surface area contributed by atoms with Crippen LogP contribution >= 0.6 is 0 Å². The molecule has 1 aromatic carbocycles. The lowest BCUT2D eigenvalue weighted by molar-refractivity contribution is -0.134. The fraction of sp³-hybridized carbons (Fsp3) is 0.636. The van der Waals surface area contributed by atoms with Gasteiger partial charge < -0.3 is 10.2 Å². The monoisotopic (exact) mass is 369 g/mol. The average molecular weight is 370 g/mol. The highest BCUT2D eigenvalue weighted by atomic mass is 16.2. The SMILES string of the molecule is O=C1Nc2ccccc2CCC1N1CCN(C(=O)CCC2CCCC2)CC1. The van der Waals surface area contributed by atoms with E-state index in [-0.39, 0.29) is 11.9 Å². The molecule has 5 heteroatoms. The molecular formula is C22H31N3O2. The lowest BCUT2D eigenvalue weighted by Gasteiger charge is -2.38. The maximum atomic E-state index is 12.7. The molecule has 3 aliphatic rings. The first kappa shape index (κ1) is 18.5. The highest BCUT2D eigenvalue weighted by Crippen LogP contribution is 2.29. The zero-order valence-electron chi connectivity index (χ0n) is 16.2. The molecule has 146 valence electrons. The van der Waals surface area contributed by atoms with Crippen LogP contribution in [0.15, 0.2) is 24.3 Å². The molecule has 2 fully saturated rings. The Bertz CT molecular complexity index is 676. The third-order valence-electron chi connectivity index (χ3n) is 6.61. The standard InChI is InChI=1S/C22H31N3O2/c26-21(12-9-17-5-1-2-6-17)25-15-13-24(14-16-25)20-11-10-18-7-3-4-8-19(18)23-22(20)27/h3-4,7-8,17,20H,1-2,5-6,9-16H2,(H,23,27). The molecule has 0 aromatic heterocycles. The first-order chi connectivity index (χ1) is 13.2. The molecule has 2 amide bonds. The smallest absolute Gasteiger partial charge is 0.241 e. The molecule has 1 saturated heterocycles. The Morgan fingerprint density at radius 3 is 2.56 bits per heavy atom. The minimum atomic E-state index is -0.0897. The summed E-state index contributed by atoms with van der Waals surface area (Å²) in [7, 11) is 0. The van der Waals surface area contributed by atoms with Gasteiger partial charge in [-0.1, -0.05) is 43.9 Å². The van der Waals surface area contributed by atoms with Crippen LogP contribution in [0, 0.1) is 5.92 Å². The molecule has 2 aliphatic heterocycles. The van der Waals surface area contributed by atoms with Crippen LogP contribution in [0.1, 0.15) is 50.5 Å². The third kappa shape index (κ3) is 4.34. The Kier molecular flexibility index (Phi) is 5.77. The number of amides is 2. The van der Waals surface area contributed by atoms with Crippen LogP contribution in [0.25, 0.3) is 0 Å². The fourth-order valence-electron chi connectivity index (χ4n) is 4.92. The molecule has 1 aliphatic carbocycles. The van der Waals surface area contributed by atoms with Crippen molar-refractivity contribution in [2.75, 3.05) is 31.5 Å². The molecule has 1 atom stereocenters. The number of nitrogens with zero attached hydrogens (tertiary/aromatic N) is 2. The van der Waals surface area contributed by atoms with Gasteiger partial charge in [0.15, 0.2) is 0 Å². The fourth-order valence-corrected chi connectivity index (χ4v) is 4.92. The number of rotatable bonds is 4. The average Bonchev–Trinajstić information content (AvgIpc) is 3.15. The number of carbonyl (C=O) groups excluding carboxylic acids is 2. The van der Waals surface area contributed by atoms with Crippen molar-refractivity contribution in [2.24, 2.45) is 5.92 Å². The number of benzene rings is 1. The van der Waals surface area contributed by atoms with E-state index in [1.54, 1.807) is 0 Å². The quantitative estimate of drug-likeness (QED) is 0.887. The van der Waals surface area contributed by atoms with E-state index in [0.29, 0.717) is 12.3 Å². The van der Waals surface area contributed by atoms with E-state index in [4.69, 9.17) is 0 Å². The van der Waals surface area contributed by atoms with Gasteiger partial charge in [0.05, 0.1) is 6.04 Å². The van der Waals surface area contributed by atoms with Gasteiger partial charge in [0.2, 0.25) is 11.8 Å². The summed E-state index contributed by atoms with van der Waals surface area (Å²) in [5.74, 6) is 1.17. The summed E-state index contributed by atoms with van der Waals surface area (Å²) in [6.45, 7) is 3.09. The van der Waals surface area contributed by atoms with Gasteiger partial charge in [0.25, 0.3) is 0 Å². The highest BCUT2D eigenvalue weighted by molar-refractivity contribution is 5.96. The van der Waals surface area contributed by atoms with Crippen molar-refractivity contribution in [3.63, 3.8) is 0 Å². The van der Waals surface area contributed by atoms with Crippen molar-refractivity contribution in [2.45, 2.75) is 57.4 Å². The Morgan fingerprint density at radius 2 is 1.78 bits per heavy atom. The van der Waals surface area contributed by atoms with Crippen molar-refractivity contribution in [1.82, 2.24) is 9.80 Å². The highest BCUT2D eigenvalue weighted by Gasteiger charge is 2.32. The molecule has 4 rings (SSSR count). The van der Waals surface area contributed by atoms with Crippen molar-refractivity contribution >= 4 is 17.5 Å². The number of hydrogen-bond acceptors (Lipinski definition) is 3. The van der Waals surface area contributed by atoms with Gasteiger partial charge in [-0.2, -0.15) is 0 Å². The molecule has 27 heavy (non-hydrogen) atoms. The van der Waals surface area contributed by atoms with Crippen molar-refractivity contribution in [3.05, 3.63) is 29.8 Å². The summed E-state index contributed by atoms with van der Waals surface area (Å²) in [6.07, 6.45) is 8.81. The predicted molar refractivity (Wildman–Crippen MR) is 107 cm³/mol. The van der Waals surface area contributed by atoms with E-state index >= 15 is 0 Å². The van der Waals surface area contributed by atoms with E-state index in [0.717, 1.165) is 57.0 Å². The number of carbonyl (C=O) groups is 2. The molecule has 0 radical (unpaired) electrons. The van der Waals surface area contributed by atoms with E-state index in [1.165, 1.54) is 31.2 Å². The van der Waals surface area contributed by atoms with Crippen LogP contribution in [0.3, 0.4) is 0 Å². The number of piperazine rings is 1. The Morgan fingerprint density at radius 1 is 1.04 bits per heavy atom. The summed E-state index contributed by atoms with van der Waals surface area (Å²) in [4.78, 5) is 29.5. The van der Waals surface area contributed by atoms with E-state index < -0.39 is 0 Å². The molecule has 1 unspecified atom stereocenters. The van der Waals surface area contributed by atoms with Crippen molar-refractivity contribution in [3.8, 4) is 0 Å². The van der Waals surface area contributed by atoms with Crippen molar-refractivity contribution < 1.29 is 9.59 Å². The number of hydrogen-bond donors (Lipinski definition) is 1. The maximum absolute atomic E-state index is 12.7. The predicted octanol–water partition coefficient (Wildman–Crippen LogP) is 3.05. The molecule has 1 N–H and O–H groups in total. The third-order valence-corrected chi connectivity index (χ3v) is 6.61. The Hall–Kier alpha value is -1.88. The van der Waals surface area contributed by atoms with Crippen LogP contribution < -0.4 is 5.32 Å². The number of nitrogens with one attached hydrogen (secondary N) is 1. The second-order valence-corrected chi connectivity index (χ2v) is 8.31. The van der Waals surface area contributed by atoms with Gasteiger partial charge in [-0.25, -0.2) is 0 Å². The number of aryl methyl sites for hydroxylation is 1. The summed E-state index contributed by atoms with van der Waals surface area (Å²) >= 11 is 0. The van der Waals surface area contributed by atoms with Crippen LogP contribution in [0.2, 0.25) is 0 Å². The second-order valence-electron chi connectivity index (χ2n) is 8.31. The number of para-hydroxylation sites is 1. The summed E-state index contributed by atoms with van der Waals surface area (Å²) < 4.78 is 0. The van der Waals surface area contributed by atoms with Gasteiger partial charge in [0, 0.05) is 38.3 Å². The Balaban J connectivity index is 1.27. The van der Waals surface area contributed by atoms with Gasteiger partial charge in [-0.05, 0) is 36.8 Å². The largest absolute Gasteiger partial charge is 0.340 e. The molecule has 2 heterocycles. The molecule has 0 bridgehead atoms. The van der Waals surface area contributed by atoms with Crippen LogP contribution in [0.4, 0.5) is 5.69 Å². The van der Waals surface area contributed by atoms with Gasteiger partial charge in [-0.15, -0.1) is 0 Å². The molecular weight excluding hydrogens is 338 g/mol. The first-order valence-electron chi connectivity index (χ1n) is 10.6. The van der Waals surface area contributed by atoms with Crippen molar-refractivity contribution in [1.29, 1.82) is 0 Å². The van der Waals surface area contributed by atoms with E-state index in [1.807, 2.05) is 23.1 Å². The minimum absolute atomic E-state index is 0.0897. The lowest BCUT2D eigenvalue weighted by atomic mass is 10.0. The van der Waals surface area contributed by atoms with Crippen LogP contribution in [-0.2, 0) is 16.0 Å². The van der Waals surface area contributed by atoms with Gasteiger partial charge in [0.1, 0.15) is 0 Å². The Labute approximate surface area is 162 Å². The maximum Gasteiger partial charge on any atom is 0.241 e. The summed E-state index contributed by atoms with van der Waals surface area (Å²) in [5, 5.41) is 3.09. The second kappa shape index (κ2) is 8.42. The molecule has 0 spiro atoms. The molecule has 5 nitrogen and oxygen atoms in total. The normalized spacial score (nSPS) is 24.4. The number of fused-ring (bicyclic) bond motifs is 1. The zero-order valence-corrected chi connectivity index (χ0v) is 16.2. The van der Waals surface area contributed by atoms with E-state index in [2.05, 4.69) is 16.3 Å². The zero-order chi connectivity index (χ0) is 18.6. The molecule has 1 saturated carbocycles. The van der Waals surface area contributed by atoms with Gasteiger partial charge in [-0.3, -0.25) is 14.5 Å².